The maximum Gasteiger partial charge on any atom is 0.318 e. The first kappa shape index (κ1) is 12.9. The molecule has 0 unspecified atom stereocenters. The third-order valence-corrected chi connectivity index (χ3v) is 3.15. The van der Waals surface area contributed by atoms with E-state index < -0.39 is 0 Å². The fourth-order valence-corrected chi connectivity index (χ4v) is 2.24. The van der Waals surface area contributed by atoms with Crippen molar-refractivity contribution in [2.75, 3.05) is 13.1 Å². The van der Waals surface area contributed by atoms with Gasteiger partial charge in [-0.05, 0) is 25.7 Å². The Kier molecular flexibility index (Phi) is 3.89. The number of aryl methyl sites for hydroxylation is 1. The average Bonchev–Trinajstić information content (AvgIpc) is 2.93. The Morgan fingerprint density at radius 1 is 1.67 bits per heavy atom. The van der Waals surface area contributed by atoms with Crippen molar-refractivity contribution in [1.29, 1.82) is 0 Å². The highest BCUT2D eigenvalue weighted by Crippen LogP contribution is 2.32. The lowest BCUT2D eigenvalue weighted by Crippen LogP contribution is -2.40. The van der Waals surface area contributed by atoms with Gasteiger partial charge in [-0.15, -0.1) is 0 Å². The lowest BCUT2D eigenvalue weighted by molar-refractivity contribution is 0.181. The zero-order valence-corrected chi connectivity index (χ0v) is 11.3. The van der Waals surface area contributed by atoms with Gasteiger partial charge in [0.25, 0.3) is 0 Å². The molecule has 0 bridgehead atoms. The summed E-state index contributed by atoms with van der Waals surface area (Å²) in [6.07, 6.45) is 1.96. The van der Waals surface area contributed by atoms with Crippen LogP contribution in [-0.2, 0) is 0 Å². The van der Waals surface area contributed by atoms with Gasteiger partial charge >= 0.3 is 6.03 Å². The second-order valence-corrected chi connectivity index (χ2v) is 5.30. The molecule has 0 radical (unpaired) electrons. The molecule has 1 fully saturated rings. The molecular formula is C13H21N3O2. The SMILES string of the molecule is Cc1cc([C@@H]2CCCN2C(=O)NCC(C)C)on1. The first-order valence-corrected chi connectivity index (χ1v) is 6.55. The Labute approximate surface area is 108 Å². The van der Waals surface area contributed by atoms with Gasteiger partial charge in [-0.2, -0.15) is 0 Å². The molecule has 5 nitrogen and oxygen atoms in total. The zero-order chi connectivity index (χ0) is 13.1. The summed E-state index contributed by atoms with van der Waals surface area (Å²) in [5.74, 6) is 1.26. The number of hydrogen-bond acceptors (Lipinski definition) is 3. The maximum absolute atomic E-state index is 12.1. The molecule has 1 aromatic heterocycles. The third kappa shape index (κ3) is 2.83. The lowest BCUT2D eigenvalue weighted by atomic mass is 10.1. The molecule has 2 amide bonds. The summed E-state index contributed by atoms with van der Waals surface area (Å²) in [4.78, 5) is 13.9. The number of likely N-dealkylation sites (tertiary alicyclic amines) is 1. The van der Waals surface area contributed by atoms with Crippen molar-refractivity contribution < 1.29 is 9.32 Å². The predicted molar refractivity (Wildman–Crippen MR) is 68.2 cm³/mol. The molecule has 1 aromatic rings. The summed E-state index contributed by atoms with van der Waals surface area (Å²) in [7, 11) is 0. The fraction of sp³-hybridized carbons (Fsp3) is 0.692. The van der Waals surface area contributed by atoms with Gasteiger partial charge in [-0.25, -0.2) is 4.79 Å². The van der Waals surface area contributed by atoms with Crippen molar-refractivity contribution in [2.45, 2.75) is 39.7 Å². The van der Waals surface area contributed by atoms with E-state index in [9.17, 15) is 4.79 Å². The van der Waals surface area contributed by atoms with Gasteiger partial charge < -0.3 is 14.7 Å². The fourth-order valence-electron chi connectivity index (χ4n) is 2.24. The molecule has 1 saturated heterocycles. The number of nitrogens with zero attached hydrogens (tertiary/aromatic N) is 2. The summed E-state index contributed by atoms with van der Waals surface area (Å²) < 4.78 is 5.28. The van der Waals surface area contributed by atoms with Crippen molar-refractivity contribution in [3.63, 3.8) is 0 Å². The predicted octanol–water partition coefficient (Wildman–Crippen LogP) is 2.49. The molecule has 1 N–H and O–H groups in total. The van der Waals surface area contributed by atoms with Crippen molar-refractivity contribution in [3.8, 4) is 0 Å². The highest BCUT2D eigenvalue weighted by atomic mass is 16.5. The van der Waals surface area contributed by atoms with Crippen molar-refractivity contribution >= 4 is 6.03 Å². The minimum atomic E-state index is 0.000234. The molecule has 1 aliphatic rings. The Balaban J connectivity index is 2.01. The van der Waals surface area contributed by atoms with Crippen LogP contribution in [0.4, 0.5) is 4.79 Å². The first-order valence-electron chi connectivity index (χ1n) is 6.55. The standard InChI is InChI=1S/C13H21N3O2/c1-9(2)8-14-13(17)16-6-4-5-11(16)12-7-10(3)15-18-12/h7,9,11H,4-6,8H2,1-3H3,(H,14,17)/t11-/m0/s1. The maximum atomic E-state index is 12.1. The summed E-state index contributed by atoms with van der Waals surface area (Å²) in [6, 6.07) is 1.96. The largest absolute Gasteiger partial charge is 0.359 e. The highest BCUT2D eigenvalue weighted by molar-refractivity contribution is 5.75. The lowest BCUT2D eigenvalue weighted by Gasteiger charge is -2.23. The van der Waals surface area contributed by atoms with E-state index in [1.807, 2.05) is 17.9 Å². The van der Waals surface area contributed by atoms with Crippen molar-refractivity contribution in [3.05, 3.63) is 17.5 Å². The number of hydrogen-bond donors (Lipinski definition) is 1. The molecule has 0 spiro atoms. The van der Waals surface area contributed by atoms with Crippen LogP contribution in [0.25, 0.3) is 0 Å². The summed E-state index contributed by atoms with van der Waals surface area (Å²) >= 11 is 0. The first-order chi connectivity index (χ1) is 8.58. The van der Waals surface area contributed by atoms with E-state index in [0.29, 0.717) is 12.5 Å². The van der Waals surface area contributed by atoms with Gasteiger partial charge in [-0.3, -0.25) is 0 Å². The van der Waals surface area contributed by atoms with E-state index in [1.165, 1.54) is 0 Å². The van der Waals surface area contributed by atoms with Gasteiger partial charge in [0.15, 0.2) is 5.76 Å². The molecular weight excluding hydrogens is 230 g/mol. The number of carbonyl (C=O) groups is 1. The van der Waals surface area contributed by atoms with Crippen LogP contribution >= 0.6 is 0 Å². The summed E-state index contributed by atoms with van der Waals surface area (Å²) in [5.41, 5.74) is 0.861. The molecule has 100 valence electrons. The van der Waals surface area contributed by atoms with E-state index in [4.69, 9.17) is 4.52 Å². The minimum absolute atomic E-state index is 0.000234. The molecule has 0 aliphatic carbocycles. The van der Waals surface area contributed by atoms with Crippen LogP contribution in [0.2, 0.25) is 0 Å². The monoisotopic (exact) mass is 251 g/mol. The van der Waals surface area contributed by atoms with Crippen LogP contribution in [0.3, 0.4) is 0 Å². The van der Waals surface area contributed by atoms with E-state index in [-0.39, 0.29) is 12.1 Å². The van der Waals surface area contributed by atoms with Gasteiger partial charge in [0.1, 0.15) is 0 Å². The Morgan fingerprint density at radius 3 is 3.06 bits per heavy atom. The number of urea groups is 1. The quantitative estimate of drug-likeness (QED) is 0.897. The molecule has 5 heteroatoms. The normalized spacial score (nSPS) is 19.6. The topological polar surface area (TPSA) is 58.4 Å². The van der Waals surface area contributed by atoms with E-state index in [2.05, 4.69) is 24.3 Å². The molecule has 0 saturated carbocycles. The Morgan fingerprint density at radius 2 is 2.44 bits per heavy atom. The van der Waals surface area contributed by atoms with Gasteiger partial charge in [0.2, 0.25) is 0 Å². The number of amides is 2. The number of rotatable bonds is 3. The Bertz CT molecular complexity index is 414. The molecule has 0 aromatic carbocycles. The van der Waals surface area contributed by atoms with Crippen molar-refractivity contribution in [2.24, 2.45) is 5.92 Å². The molecule has 1 aliphatic heterocycles. The number of nitrogens with one attached hydrogen (secondary N) is 1. The van der Waals surface area contributed by atoms with Crippen LogP contribution < -0.4 is 5.32 Å². The van der Waals surface area contributed by atoms with E-state index in [1.54, 1.807) is 0 Å². The van der Waals surface area contributed by atoms with Crippen LogP contribution in [0.5, 0.6) is 0 Å². The van der Waals surface area contributed by atoms with Crippen LogP contribution in [0, 0.1) is 12.8 Å². The molecule has 2 heterocycles. The van der Waals surface area contributed by atoms with Crippen molar-refractivity contribution in [1.82, 2.24) is 15.4 Å². The van der Waals surface area contributed by atoms with Gasteiger partial charge in [0, 0.05) is 19.2 Å². The van der Waals surface area contributed by atoms with Crippen LogP contribution in [0.15, 0.2) is 10.6 Å². The highest BCUT2D eigenvalue weighted by Gasteiger charge is 2.32. The van der Waals surface area contributed by atoms with E-state index >= 15 is 0 Å². The second kappa shape index (κ2) is 5.42. The van der Waals surface area contributed by atoms with Crippen LogP contribution in [-0.4, -0.2) is 29.2 Å². The number of aromatic nitrogens is 1. The second-order valence-electron chi connectivity index (χ2n) is 5.30. The Hall–Kier alpha value is -1.52. The van der Waals surface area contributed by atoms with E-state index in [0.717, 1.165) is 30.8 Å². The zero-order valence-electron chi connectivity index (χ0n) is 11.3. The smallest absolute Gasteiger partial charge is 0.318 e. The average molecular weight is 251 g/mol. The third-order valence-electron chi connectivity index (χ3n) is 3.15. The van der Waals surface area contributed by atoms with Gasteiger partial charge in [-0.1, -0.05) is 19.0 Å². The molecule has 2 rings (SSSR count). The number of carbonyl (C=O) groups excluding carboxylic acids is 1. The summed E-state index contributed by atoms with van der Waals surface area (Å²) in [5, 5.41) is 6.85. The molecule has 1 atom stereocenters. The molecule has 18 heavy (non-hydrogen) atoms. The minimum Gasteiger partial charge on any atom is -0.359 e. The van der Waals surface area contributed by atoms with Gasteiger partial charge in [0.05, 0.1) is 11.7 Å². The summed E-state index contributed by atoms with van der Waals surface area (Å²) in [6.45, 7) is 7.56. The van der Waals surface area contributed by atoms with Crippen LogP contribution in [0.1, 0.15) is 44.2 Å².